The van der Waals surface area contributed by atoms with Gasteiger partial charge in [0.15, 0.2) is 5.82 Å². The summed E-state index contributed by atoms with van der Waals surface area (Å²) in [5, 5.41) is 21.7. The van der Waals surface area contributed by atoms with E-state index < -0.39 is 17.0 Å². The molecule has 1 saturated heterocycles. The van der Waals surface area contributed by atoms with Gasteiger partial charge >= 0.3 is 6.09 Å². The van der Waals surface area contributed by atoms with Gasteiger partial charge in [-0.25, -0.2) is 4.79 Å². The van der Waals surface area contributed by atoms with Gasteiger partial charge in [-0.3, -0.25) is 14.2 Å². The van der Waals surface area contributed by atoms with Crippen LogP contribution in [-0.4, -0.2) is 55.2 Å². The monoisotopic (exact) mass is 504 g/mol. The highest BCUT2D eigenvalue weighted by atomic mass is 16.6. The van der Waals surface area contributed by atoms with Crippen LogP contribution in [0.5, 0.6) is 0 Å². The third-order valence-corrected chi connectivity index (χ3v) is 6.31. The summed E-state index contributed by atoms with van der Waals surface area (Å²) in [6, 6.07) is 11.8. The molecule has 0 saturated carbocycles. The highest BCUT2D eigenvalue weighted by molar-refractivity contribution is 5.98. The van der Waals surface area contributed by atoms with Gasteiger partial charge in [0.05, 0.1) is 24.6 Å². The van der Waals surface area contributed by atoms with Crippen LogP contribution in [0.2, 0.25) is 0 Å². The molecule has 3 heterocycles. The standard InChI is InChI=1S/C26H32N8O3/c1-25(2,3)37-24(36)32-14-9-26(8-11-27,10-15-32)34-18-21(22(28)35)23(31-34)30-20-7-4-6-19(16-20)17-33-13-5-12-29-33/h4-7,12-13,16,18H,8-10,14-15,17H2,1-3H3,(H2,28,35)(H,30,31). The zero-order valence-electron chi connectivity index (χ0n) is 21.3. The Hall–Kier alpha value is -4.33. The second-order valence-electron chi connectivity index (χ2n) is 10.3. The van der Waals surface area contributed by atoms with Crippen LogP contribution in [0.4, 0.5) is 16.3 Å². The molecule has 1 fully saturated rings. The number of benzene rings is 1. The number of nitrogens with zero attached hydrogens (tertiary/aromatic N) is 6. The lowest BCUT2D eigenvalue weighted by Crippen LogP contribution is -2.49. The van der Waals surface area contributed by atoms with Crippen molar-refractivity contribution in [3.8, 4) is 6.07 Å². The Kier molecular flexibility index (Phi) is 7.20. The summed E-state index contributed by atoms with van der Waals surface area (Å²) in [5.41, 5.74) is 6.41. The topological polar surface area (TPSA) is 144 Å². The zero-order valence-corrected chi connectivity index (χ0v) is 21.3. The number of carbonyl (C=O) groups is 2. The Morgan fingerprint density at radius 2 is 2.00 bits per heavy atom. The fraction of sp³-hybridized carbons (Fsp3) is 0.423. The normalized spacial score (nSPS) is 15.1. The lowest BCUT2D eigenvalue weighted by molar-refractivity contribution is 0.0105. The number of hydrogen-bond donors (Lipinski definition) is 2. The SMILES string of the molecule is CC(C)(C)OC(=O)N1CCC(CC#N)(n2cc(C(N)=O)c(Nc3cccc(Cn4cccn4)c3)n2)CC1. The third kappa shape index (κ3) is 6.09. The summed E-state index contributed by atoms with van der Waals surface area (Å²) >= 11 is 0. The van der Waals surface area contributed by atoms with Gasteiger partial charge in [0.1, 0.15) is 11.2 Å². The average molecular weight is 505 g/mol. The molecule has 1 aliphatic rings. The molecule has 194 valence electrons. The van der Waals surface area contributed by atoms with Crippen molar-refractivity contribution in [3.05, 3.63) is 60.0 Å². The van der Waals surface area contributed by atoms with Gasteiger partial charge in [0, 0.05) is 37.4 Å². The van der Waals surface area contributed by atoms with Crippen LogP contribution in [-0.2, 0) is 16.8 Å². The van der Waals surface area contributed by atoms with Crippen molar-refractivity contribution in [2.45, 2.75) is 57.7 Å². The predicted octanol–water partition coefficient (Wildman–Crippen LogP) is 3.61. The molecule has 2 amide bonds. The Morgan fingerprint density at radius 1 is 1.24 bits per heavy atom. The number of likely N-dealkylation sites (tertiary alicyclic amines) is 1. The molecule has 11 heteroatoms. The maximum atomic E-state index is 12.5. The molecule has 3 aromatic rings. The largest absolute Gasteiger partial charge is 0.444 e. The molecule has 4 rings (SSSR count). The number of carbonyl (C=O) groups excluding carboxylic acids is 2. The summed E-state index contributed by atoms with van der Waals surface area (Å²) in [5.74, 6) is -0.310. The van der Waals surface area contributed by atoms with Crippen molar-refractivity contribution in [1.82, 2.24) is 24.5 Å². The predicted molar refractivity (Wildman–Crippen MR) is 137 cm³/mol. The first-order valence-electron chi connectivity index (χ1n) is 12.2. The van der Waals surface area contributed by atoms with Crippen LogP contribution in [0.3, 0.4) is 0 Å². The molecule has 0 aliphatic carbocycles. The minimum atomic E-state index is -0.681. The number of amides is 2. The summed E-state index contributed by atoms with van der Waals surface area (Å²) in [6.45, 7) is 6.88. The van der Waals surface area contributed by atoms with Crippen molar-refractivity contribution < 1.29 is 14.3 Å². The highest BCUT2D eigenvalue weighted by Gasteiger charge is 2.40. The fourth-order valence-electron chi connectivity index (χ4n) is 4.42. The van der Waals surface area contributed by atoms with Crippen LogP contribution in [0.1, 0.15) is 56.0 Å². The van der Waals surface area contributed by atoms with Gasteiger partial charge in [0.2, 0.25) is 0 Å². The molecule has 0 atom stereocenters. The first kappa shape index (κ1) is 25.8. The van der Waals surface area contributed by atoms with E-state index in [1.807, 2.05) is 62.0 Å². The van der Waals surface area contributed by atoms with E-state index in [0.29, 0.717) is 38.3 Å². The van der Waals surface area contributed by atoms with E-state index in [1.165, 1.54) is 0 Å². The summed E-state index contributed by atoms with van der Waals surface area (Å²) in [7, 11) is 0. The second kappa shape index (κ2) is 10.3. The van der Waals surface area contributed by atoms with Crippen molar-refractivity contribution >= 4 is 23.5 Å². The summed E-state index contributed by atoms with van der Waals surface area (Å²) in [6.07, 6.45) is 5.97. The lowest BCUT2D eigenvalue weighted by atomic mass is 9.85. The van der Waals surface area contributed by atoms with E-state index in [0.717, 1.165) is 11.3 Å². The number of aromatic nitrogens is 4. The number of nitriles is 1. The van der Waals surface area contributed by atoms with E-state index >= 15 is 0 Å². The van der Waals surface area contributed by atoms with Crippen LogP contribution >= 0.6 is 0 Å². The third-order valence-electron chi connectivity index (χ3n) is 6.31. The van der Waals surface area contributed by atoms with Crippen molar-refractivity contribution in [3.63, 3.8) is 0 Å². The quantitative estimate of drug-likeness (QED) is 0.500. The molecule has 1 aromatic carbocycles. The second-order valence-corrected chi connectivity index (χ2v) is 10.3. The van der Waals surface area contributed by atoms with Gasteiger partial charge in [-0.05, 0) is 57.4 Å². The Bertz CT molecular complexity index is 1290. The van der Waals surface area contributed by atoms with E-state index in [9.17, 15) is 14.9 Å². The van der Waals surface area contributed by atoms with Crippen molar-refractivity contribution in [1.29, 1.82) is 5.26 Å². The van der Waals surface area contributed by atoms with Gasteiger partial charge in [-0.2, -0.15) is 15.5 Å². The van der Waals surface area contributed by atoms with E-state index in [2.05, 4.69) is 21.6 Å². The maximum Gasteiger partial charge on any atom is 0.410 e. The molecule has 2 aromatic heterocycles. The molecule has 3 N–H and O–H groups in total. The number of ether oxygens (including phenoxy) is 1. The molecule has 37 heavy (non-hydrogen) atoms. The van der Waals surface area contributed by atoms with Crippen LogP contribution < -0.4 is 11.1 Å². The number of primary amides is 1. The molecule has 0 unspecified atom stereocenters. The fourth-order valence-corrected chi connectivity index (χ4v) is 4.42. The summed E-state index contributed by atoms with van der Waals surface area (Å²) in [4.78, 5) is 26.5. The first-order valence-corrected chi connectivity index (χ1v) is 12.2. The number of piperidine rings is 1. The smallest absolute Gasteiger partial charge is 0.410 e. The van der Waals surface area contributed by atoms with Crippen molar-refractivity contribution in [2.24, 2.45) is 5.73 Å². The molecule has 1 aliphatic heterocycles. The van der Waals surface area contributed by atoms with E-state index in [1.54, 1.807) is 22.0 Å². The number of nitrogens with two attached hydrogens (primary N) is 1. The van der Waals surface area contributed by atoms with E-state index in [-0.39, 0.29) is 18.1 Å². The van der Waals surface area contributed by atoms with Crippen molar-refractivity contribution in [2.75, 3.05) is 18.4 Å². The first-order chi connectivity index (χ1) is 17.6. The molecular weight excluding hydrogens is 472 g/mol. The number of anilines is 2. The van der Waals surface area contributed by atoms with Gasteiger partial charge in [0.25, 0.3) is 5.91 Å². The van der Waals surface area contributed by atoms with Crippen LogP contribution in [0, 0.1) is 11.3 Å². The molecule has 0 radical (unpaired) electrons. The minimum Gasteiger partial charge on any atom is -0.444 e. The van der Waals surface area contributed by atoms with Crippen LogP contribution in [0.15, 0.2) is 48.9 Å². The molecular formula is C26H32N8O3. The molecule has 0 bridgehead atoms. The van der Waals surface area contributed by atoms with Gasteiger partial charge in [-0.1, -0.05) is 12.1 Å². The maximum absolute atomic E-state index is 12.5. The lowest BCUT2D eigenvalue weighted by Gasteiger charge is -2.40. The molecule has 0 spiro atoms. The van der Waals surface area contributed by atoms with Gasteiger partial charge < -0.3 is 20.7 Å². The van der Waals surface area contributed by atoms with Gasteiger partial charge in [-0.15, -0.1) is 0 Å². The minimum absolute atomic E-state index is 0.174. The highest BCUT2D eigenvalue weighted by Crippen LogP contribution is 2.35. The van der Waals surface area contributed by atoms with Crippen LogP contribution in [0.25, 0.3) is 0 Å². The number of hydrogen-bond acceptors (Lipinski definition) is 7. The Balaban J connectivity index is 1.56. The number of rotatable bonds is 7. The summed E-state index contributed by atoms with van der Waals surface area (Å²) < 4.78 is 8.98. The Morgan fingerprint density at radius 3 is 2.62 bits per heavy atom. The average Bonchev–Trinajstić information content (AvgIpc) is 3.49. The Labute approximate surface area is 215 Å². The van der Waals surface area contributed by atoms with E-state index in [4.69, 9.17) is 10.5 Å². The number of nitrogens with one attached hydrogen (secondary N) is 1. The zero-order chi connectivity index (χ0) is 26.6. The molecule has 11 nitrogen and oxygen atoms in total.